The number of ether oxygens (including phenoxy) is 1. The van der Waals surface area contributed by atoms with Crippen LogP contribution in [0.5, 0.6) is 5.75 Å². The van der Waals surface area contributed by atoms with E-state index in [0.29, 0.717) is 10.2 Å². The Morgan fingerprint density at radius 1 is 1.11 bits per heavy atom. The number of anilines is 1. The van der Waals surface area contributed by atoms with Crippen molar-refractivity contribution >= 4 is 40.3 Å². The molecule has 0 unspecified atom stereocenters. The first-order chi connectivity index (χ1) is 8.65. The van der Waals surface area contributed by atoms with E-state index >= 15 is 0 Å². The van der Waals surface area contributed by atoms with Gasteiger partial charge in [-0.3, -0.25) is 10.9 Å². The van der Waals surface area contributed by atoms with Crippen LogP contribution in [0.25, 0.3) is 0 Å². The molecule has 4 N–H and O–H groups in total. The second-order valence-corrected chi connectivity index (χ2v) is 4.11. The summed E-state index contributed by atoms with van der Waals surface area (Å²) in [4.78, 5) is 0. The number of rotatable bonds is 3. The maximum absolute atomic E-state index is 5.10. The number of hydrogen-bond donors (Lipinski definition) is 4. The van der Waals surface area contributed by atoms with Gasteiger partial charge in [0.1, 0.15) is 5.75 Å². The van der Waals surface area contributed by atoms with Crippen LogP contribution in [0.2, 0.25) is 0 Å². The maximum atomic E-state index is 5.10. The molecule has 0 aliphatic heterocycles. The number of nitrogens with one attached hydrogen (secondary N) is 4. The van der Waals surface area contributed by atoms with Crippen LogP contribution in [0.3, 0.4) is 0 Å². The highest BCUT2D eigenvalue weighted by Gasteiger charge is 1.98. The van der Waals surface area contributed by atoms with E-state index in [1.165, 1.54) is 0 Å². The Morgan fingerprint density at radius 2 is 1.72 bits per heavy atom. The molecule has 18 heavy (non-hydrogen) atoms. The molecule has 0 heterocycles. The largest absolute Gasteiger partial charge is 0.497 e. The van der Waals surface area contributed by atoms with Crippen molar-refractivity contribution in [3.05, 3.63) is 24.3 Å². The zero-order chi connectivity index (χ0) is 13.4. The van der Waals surface area contributed by atoms with Crippen LogP contribution < -0.4 is 26.2 Å². The quantitative estimate of drug-likeness (QED) is 0.494. The van der Waals surface area contributed by atoms with E-state index in [1.54, 1.807) is 7.11 Å². The summed E-state index contributed by atoms with van der Waals surface area (Å²) >= 11 is 10.1. The van der Waals surface area contributed by atoms with Gasteiger partial charge in [-0.25, -0.2) is 0 Å². The maximum Gasteiger partial charge on any atom is 0.189 e. The van der Waals surface area contributed by atoms with Crippen LogP contribution in [0.4, 0.5) is 5.69 Å². The van der Waals surface area contributed by atoms with Gasteiger partial charge in [0.15, 0.2) is 10.2 Å². The lowest BCUT2D eigenvalue weighted by atomic mass is 10.3. The summed E-state index contributed by atoms with van der Waals surface area (Å²) in [6.45, 7) is 2.72. The monoisotopic (exact) mass is 284 g/mol. The number of methoxy groups -OCH3 is 1. The van der Waals surface area contributed by atoms with Crippen LogP contribution in [-0.2, 0) is 0 Å². The highest BCUT2D eigenvalue weighted by molar-refractivity contribution is 7.80. The van der Waals surface area contributed by atoms with Gasteiger partial charge in [-0.1, -0.05) is 0 Å². The first-order valence-corrected chi connectivity index (χ1v) is 6.22. The van der Waals surface area contributed by atoms with Gasteiger partial charge in [-0.2, -0.15) is 0 Å². The molecule has 0 saturated heterocycles. The van der Waals surface area contributed by atoms with Crippen LogP contribution >= 0.6 is 24.4 Å². The SMILES string of the molecule is CCNC(=S)NNC(=S)Nc1ccc(OC)cc1. The van der Waals surface area contributed by atoms with Gasteiger partial charge in [0, 0.05) is 12.2 Å². The second kappa shape index (κ2) is 7.67. The van der Waals surface area contributed by atoms with Crippen molar-refractivity contribution in [1.82, 2.24) is 16.2 Å². The Morgan fingerprint density at radius 3 is 2.28 bits per heavy atom. The molecule has 0 bridgehead atoms. The van der Waals surface area contributed by atoms with Crippen molar-refractivity contribution in [3.8, 4) is 5.75 Å². The molecule has 0 atom stereocenters. The van der Waals surface area contributed by atoms with Crippen molar-refractivity contribution in [2.45, 2.75) is 6.92 Å². The minimum atomic E-state index is 0.431. The van der Waals surface area contributed by atoms with Gasteiger partial charge in [0.2, 0.25) is 0 Å². The summed E-state index contributed by atoms with van der Waals surface area (Å²) in [5.41, 5.74) is 6.41. The summed E-state index contributed by atoms with van der Waals surface area (Å²) in [6, 6.07) is 7.44. The predicted octanol–water partition coefficient (Wildman–Crippen LogP) is 1.38. The average Bonchev–Trinajstić information content (AvgIpc) is 2.38. The Bertz CT molecular complexity index is 408. The minimum Gasteiger partial charge on any atom is -0.497 e. The smallest absolute Gasteiger partial charge is 0.189 e. The fraction of sp³-hybridized carbons (Fsp3) is 0.273. The topological polar surface area (TPSA) is 57.3 Å². The molecule has 0 spiro atoms. The van der Waals surface area contributed by atoms with Gasteiger partial charge >= 0.3 is 0 Å². The predicted molar refractivity (Wildman–Crippen MR) is 81.8 cm³/mol. The molecule has 7 heteroatoms. The van der Waals surface area contributed by atoms with E-state index in [9.17, 15) is 0 Å². The molecule has 0 saturated carbocycles. The highest BCUT2D eigenvalue weighted by atomic mass is 32.1. The Hall–Kier alpha value is -1.60. The fourth-order valence-electron chi connectivity index (χ4n) is 1.15. The molecule has 1 rings (SSSR count). The van der Waals surface area contributed by atoms with Gasteiger partial charge in [0.05, 0.1) is 7.11 Å². The first kappa shape index (κ1) is 14.5. The summed E-state index contributed by atoms with van der Waals surface area (Å²) in [5.74, 6) is 0.797. The second-order valence-electron chi connectivity index (χ2n) is 3.29. The molecule has 98 valence electrons. The third-order valence-electron chi connectivity index (χ3n) is 1.97. The van der Waals surface area contributed by atoms with Crippen molar-refractivity contribution in [2.75, 3.05) is 19.0 Å². The van der Waals surface area contributed by atoms with Gasteiger partial charge in [-0.15, -0.1) is 0 Å². The zero-order valence-electron chi connectivity index (χ0n) is 10.2. The minimum absolute atomic E-state index is 0.431. The Balaban J connectivity index is 2.37. The lowest BCUT2D eigenvalue weighted by Gasteiger charge is -2.13. The van der Waals surface area contributed by atoms with Crippen LogP contribution in [0.1, 0.15) is 6.92 Å². The lowest BCUT2D eigenvalue weighted by Crippen LogP contribution is -2.48. The molecule has 0 amide bonds. The molecule has 0 aliphatic rings. The Kier molecular flexibility index (Phi) is 6.16. The van der Waals surface area contributed by atoms with Crippen LogP contribution in [0.15, 0.2) is 24.3 Å². The van der Waals surface area contributed by atoms with Gasteiger partial charge in [0.25, 0.3) is 0 Å². The number of thiocarbonyl (C=S) groups is 2. The van der Waals surface area contributed by atoms with E-state index in [1.807, 2.05) is 31.2 Å². The van der Waals surface area contributed by atoms with Crippen LogP contribution in [0, 0.1) is 0 Å². The van der Waals surface area contributed by atoms with Crippen molar-refractivity contribution in [2.24, 2.45) is 0 Å². The van der Waals surface area contributed by atoms with E-state index in [0.717, 1.165) is 18.0 Å². The third-order valence-corrected chi connectivity index (χ3v) is 2.43. The molecule has 1 aromatic rings. The molecule has 5 nitrogen and oxygen atoms in total. The number of benzene rings is 1. The molecule has 0 aliphatic carbocycles. The number of hydrazine groups is 1. The summed E-state index contributed by atoms with van der Waals surface area (Å²) < 4.78 is 5.07. The number of hydrogen-bond acceptors (Lipinski definition) is 3. The molecular formula is C11H16N4OS2. The summed E-state index contributed by atoms with van der Waals surface area (Å²) in [7, 11) is 1.63. The standard InChI is InChI=1S/C11H16N4OS2/c1-3-12-10(17)14-15-11(18)13-8-4-6-9(16-2)7-5-8/h4-7H,3H2,1-2H3,(H2,12,14,17)(H2,13,15,18). The molecule has 0 fully saturated rings. The normalized spacial score (nSPS) is 9.22. The molecule has 0 aromatic heterocycles. The summed E-state index contributed by atoms with van der Waals surface area (Å²) in [6.07, 6.45) is 0. The van der Waals surface area contributed by atoms with Gasteiger partial charge in [-0.05, 0) is 55.6 Å². The third kappa shape index (κ3) is 5.15. The van der Waals surface area contributed by atoms with E-state index < -0.39 is 0 Å². The molecule has 1 aromatic carbocycles. The summed E-state index contributed by atoms with van der Waals surface area (Å²) in [5, 5.41) is 6.87. The van der Waals surface area contributed by atoms with E-state index in [4.69, 9.17) is 29.2 Å². The van der Waals surface area contributed by atoms with Crippen molar-refractivity contribution in [1.29, 1.82) is 0 Å². The molecule has 0 radical (unpaired) electrons. The van der Waals surface area contributed by atoms with Crippen molar-refractivity contribution in [3.63, 3.8) is 0 Å². The Labute approximate surface area is 117 Å². The highest BCUT2D eigenvalue weighted by Crippen LogP contribution is 2.14. The molecular weight excluding hydrogens is 268 g/mol. The van der Waals surface area contributed by atoms with Crippen molar-refractivity contribution < 1.29 is 4.74 Å². The fourth-order valence-corrected chi connectivity index (χ4v) is 1.52. The lowest BCUT2D eigenvalue weighted by molar-refractivity contribution is 0.415. The zero-order valence-corrected chi connectivity index (χ0v) is 11.9. The van der Waals surface area contributed by atoms with E-state index in [2.05, 4.69) is 21.5 Å². The van der Waals surface area contributed by atoms with Gasteiger partial charge < -0.3 is 15.4 Å². The van der Waals surface area contributed by atoms with E-state index in [-0.39, 0.29) is 0 Å². The van der Waals surface area contributed by atoms with Crippen LogP contribution in [-0.4, -0.2) is 23.9 Å². The first-order valence-electron chi connectivity index (χ1n) is 5.40. The average molecular weight is 284 g/mol.